The number of thioether (sulfide) groups is 1. The lowest BCUT2D eigenvalue weighted by Gasteiger charge is -2.35. The highest BCUT2D eigenvalue weighted by atomic mass is 32.2. The lowest BCUT2D eigenvalue weighted by atomic mass is 10.1. The third kappa shape index (κ3) is 5.76. The number of amidine groups is 1. The SMILES string of the molecule is COc1cc(/C=C2/SC(N3C[C@@H](C)O[C@@H](C)C3)=NC2=O)ccc1OCCC(C)C. The third-order valence-electron chi connectivity index (χ3n) is 4.74. The summed E-state index contributed by atoms with van der Waals surface area (Å²) in [7, 11) is 1.62. The number of benzene rings is 1. The second kappa shape index (κ2) is 9.67. The van der Waals surface area contributed by atoms with Crippen LogP contribution in [0.25, 0.3) is 6.08 Å². The van der Waals surface area contributed by atoms with Gasteiger partial charge in [0.15, 0.2) is 16.7 Å². The van der Waals surface area contributed by atoms with Gasteiger partial charge in [-0.05, 0) is 61.7 Å². The van der Waals surface area contributed by atoms with Gasteiger partial charge in [0.25, 0.3) is 5.91 Å². The first-order valence-electron chi connectivity index (χ1n) is 10.1. The van der Waals surface area contributed by atoms with Gasteiger partial charge >= 0.3 is 0 Å². The zero-order valence-electron chi connectivity index (χ0n) is 17.8. The number of methoxy groups -OCH3 is 1. The van der Waals surface area contributed by atoms with Crippen molar-refractivity contribution in [2.45, 2.75) is 46.3 Å². The van der Waals surface area contributed by atoms with Crippen LogP contribution in [-0.2, 0) is 9.53 Å². The number of rotatable bonds is 6. The minimum Gasteiger partial charge on any atom is -0.493 e. The third-order valence-corrected chi connectivity index (χ3v) is 5.78. The fourth-order valence-electron chi connectivity index (χ4n) is 3.32. The molecule has 0 N–H and O–H groups in total. The maximum absolute atomic E-state index is 12.4. The maximum Gasteiger partial charge on any atom is 0.286 e. The molecule has 2 atom stereocenters. The van der Waals surface area contributed by atoms with Crippen LogP contribution >= 0.6 is 11.8 Å². The number of morpholine rings is 1. The van der Waals surface area contributed by atoms with Crippen molar-refractivity contribution in [1.82, 2.24) is 4.90 Å². The molecular weight excluding hydrogens is 388 g/mol. The Bertz CT molecular complexity index is 796. The first-order chi connectivity index (χ1) is 13.9. The Morgan fingerprint density at radius 3 is 2.66 bits per heavy atom. The molecule has 1 saturated heterocycles. The van der Waals surface area contributed by atoms with Gasteiger partial charge in [-0.15, -0.1) is 0 Å². The number of hydrogen-bond donors (Lipinski definition) is 0. The lowest BCUT2D eigenvalue weighted by Crippen LogP contribution is -2.47. The summed E-state index contributed by atoms with van der Waals surface area (Å²) < 4.78 is 17.1. The lowest BCUT2D eigenvalue weighted by molar-refractivity contribution is -0.113. The van der Waals surface area contributed by atoms with Crippen LogP contribution in [0, 0.1) is 5.92 Å². The summed E-state index contributed by atoms with van der Waals surface area (Å²) in [5.41, 5.74) is 0.883. The van der Waals surface area contributed by atoms with Crippen molar-refractivity contribution in [3.63, 3.8) is 0 Å². The molecule has 0 radical (unpaired) electrons. The van der Waals surface area contributed by atoms with E-state index in [9.17, 15) is 4.79 Å². The number of hydrogen-bond acceptors (Lipinski definition) is 6. The number of amides is 1. The standard InChI is InChI=1S/C22H30N2O4S/c1-14(2)8-9-27-18-7-6-17(10-19(18)26-5)11-20-21(25)23-22(29-20)24-12-15(3)28-16(4)13-24/h6-7,10-11,14-16H,8-9,12-13H2,1-5H3/b20-11+/t15-,16+. The van der Waals surface area contributed by atoms with Gasteiger partial charge in [-0.1, -0.05) is 19.9 Å². The number of carbonyl (C=O) groups excluding carboxylic acids is 1. The van der Waals surface area contributed by atoms with Crippen LogP contribution in [0.2, 0.25) is 0 Å². The Morgan fingerprint density at radius 1 is 1.28 bits per heavy atom. The van der Waals surface area contributed by atoms with E-state index in [1.165, 1.54) is 11.8 Å². The molecule has 2 heterocycles. The second-order valence-electron chi connectivity index (χ2n) is 7.91. The molecule has 1 fully saturated rings. The van der Waals surface area contributed by atoms with E-state index in [4.69, 9.17) is 14.2 Å². The minimum atomic E-state index is -0.201. The van der Waals surface area contributed by atoms with E-state index in [2.05, 4.69) is 23.7 Å². The maximum atomic E-state index is 12.4. The molecule has 0 bridgehead atoms. The topological polar surface area (TPSA) is 60.4 Å². The van der Waals surface area contributed by atoms with Crippen molar-refractivity contribution in [3.05, 3.63) is 28.7 Å². The van der Waals surface area contributed by atoms with Gasteiger partial charge in [0, 0.05) is 13.1 Å². The first-order valence-corrected chi connectivity index (χ1v) is 10.9. The van der Waals surface area contributed by atoms with Crippen LogP contribution in [0.1, 0.15) is 39.7 Å². The van der Waals surface area contributed by atoms with Gasteiger partial charge in [0.1, 0.15) is 0 Å². The van der Waals surface area contributed by atoms with Crippen LogP contribution in [0.5, 0.6) is 11.5 Å². The number of aliphatic imine (C=N–C) groups is 1. The van der Waals surface area contributed by atoms with E-state index in [0.717, 1.165) is 30.2 Å². The van der Waals surface area contributed by atoms with Crippen LogP contribution in [0.3, 0.4) is 0 Å². The van der Waals surface area contributed by atoms with Crippen molar-refractivity contribution < 1.29 is 19.0 Å². The van der Waals surface area contributed by atoms with Crippen molar-refractivity contribution in [1.29, 1.82) is 0 Å². The highest BCUT2D eigenvalue weighted by molar-refractivity contribution is 8.18. The van der Waals surface area contributed by atoms with Gasteiger partial charge in [0.2, 0.25) is 0 Å². The number of carbonyl (C=O) groups is 1. The average molecular weight is 419 g/mol. The molecule has 0 unspecified atom stereocenters. The second-order valence-corrected chi connectivity index (χ2v) is 8.92. The smallest absolute Gasteiger partial charge is 0.286 e. The Balaban J connectivity index is 1.69. The van der Waals surface area contributed by atoms with Crippen molar-refractivity contribution in [3.8, 4) is 11.5 Å². The summed E-state index contributed by atoms with van der Waals surface area (Å²) in [6.45, 7) is 10.6. The summed E-state index contributed by atoms with van der Waals surface area (Å²) in [6, 6.07) is 5.72. The summed E-state index contributed by atoms with van der Waals surface area (Å²) in [6.07, 6.45) is 3.09. The monoisotopic (exact) mass is 418 g/mol. The van der Waals surface area contributed by atoms with E-state index in [-0.39, 0.29) is 18.1 Å². The molecule has 0 aliphatic carbocycles. The molecule has 6 nitrogen and oxygen atoms in total. The van der Waals surface area contributed by atoms with Crippen LogP contribution < -0.4 is 9.47 Å². The van der Waals surface area contributed by atoms with Crippen LogP contribution in [0.15, 0.2) is 28.1 Å². The van der Waals surface area contributed by atoms with Crippen molar-refractivity contribution in [2.75, 3.05) is 26.8 Å². The molecule has 0 aromatic heterocycles. The summed E-state index contributed by atoms with van der Waals surface area (Å²) in [5, 5.41) is 0.754. The summed E-state index contributed by atoms with van der Waals surface area (Å²) in [4.78, 5) is 19.4. The fraction of sp³-hybridized carbons (Fsp3) is 0.545. The highest BCUT2D eigenvalue weighted by Crippen LogP contribution is 2.34. The molecular formula is C22H30N2O4S. The quantitative estimate of drug-likeness (QED) is 0.646. The predicted octanol–water partition coefficient (Wildman–Crippen LogP) is 4.20. The average Bonchev–Trinajstić information content (AvgIpc) is 3.02. The largest absolute Gasteiger partial charge is 0.493 e. The predicted molar refractivity (Wildman–Crippen MR) is 118 cm³/mol. The van der Waals surface area contributed by atoms with Crippen molar-refractivity contribution >= 4 is 28.9 Å². The van der Waals surface area contributed by atoms with Gasteiger partial charge in [-0.3, -0.25) is 4.79 Å². The Kier molecular flexibility index (Phi) is 7.24. The molecule has 1 aromatic carbocycles. The van der Waals surface area contributed by atoms with Crippen molar-refractivity contribution in [2.24, 2.45) is 10.9 Å². The van der Waals surface area contributed by atoms with E-state index >= 15 is 0 Å². The Morgan fingerprint density at radius 2 is 2.00 bits per heavy atom. The molecule has 29 heavy (non-hydrogen) atoms. The minimum absolute atomic E-state index is 0.123. The first kappa shape index (κ1) is 21.7. The molecule has 2 aliphatic rings. The molecule has 2 aliphatic heterocycles. The summed E-state index contributed by atoms with van der Waals surface area (Å²) in [5.74, 6) is 1.76. The number of ether oxygens (including phenoxy) is 3. The molecule has 1 amide bonds. The Labute approximate surface area is 177 Å². The van der Waals surface area contributed by atoms with E-state index in [1.54, 1.807) is 7.11 Å². The van der Waals surface area contributed by atoms with E-state index in [1.807, 2.05) is 38.1 Å². The number of nitrogens with zero attached hydrogens (tertiary/aromatic N) is 2. The zero-order chi connectivity index (χ0) is 21.0. The molecule has 3 rings (SSSR count). The van der Waals surface area contributed by atoms with Crippen LogP contribution in [-0.4, -0.2) is 55.0 Å². The molecule has 158 valence electrons. The zero-order valence-corrected chi connectivity index (χ0v) is 18.6. The van der Waals surface area contributed by atoms with Gasteiger partial charge in [0.05, 0.1) is 30.8 Å². The van der Waals surface area contributed by atoms with Gasteiger partial charge < -0.3 is 19.1 Å². The summed E-state index contributed by atoms with van der Waals surface area (Å²) >= 11 is 1.42. The van der Waals surface area contributed by atoms with E-state index in [0.29, 0.717) is 28.9 Å². The molecule has 0 spiro atoms. The van der Waals surface area contributed by atoms with Gasteiger partial charge in [-0.2, -0.15) is 4.99 Å². The van der Waals surface area contributed by atoms with E-state index < -0.39 is 0 Å². The molecule has 7 heteroatoms. The Hall–Kier alpha value is -1.99. The molecule has 0 saturated carbocycles. The van der Waals surface area contributed by atoms with Crippen LogP contribution in [0.4, 0.5) is 0 Å². The highest BCUT2D eigenvalue weighted by Gasteiger charge is 2.31. The fourth-order valence-corrected chi connectivity index (χ4v) is 4.25. The molecule has 1 aromatic rings. The van der Waals surface area contributed by atoms with Gasteiger partial charge in [-0.25, -0.2) is 0 Å². The normalized spacial score (nSPS) is 23.7.